The maximum atomic E-state index is 13.5. The van der Waals surface area contributed by atoms with Crippen molar-refractivity contribution in [2.24, 2.45) is 7.05 Å². The van der Waals surface area contributed by atoms with Gasteiger partial charge in [0.2, 0.25) is 0 Å². The Morgan fingerprint density at radius 1 is 1.03 bits per heavy atom. The van der Waals surface area contributed by atoms with Crippen LogP contribution in [0, 0.1) is 0 Å². The lowest BCUT2D eigenvalue weighted by molar-refractivity contribution is 0.0722. The van der Waals surface area contributed by atoms with Gasteiger partial charge in [-0.3, -0.25) is 9.59 Å². The molecule has 1 fully saturated rings. The molecule has 29 heavy (non-hydrogen) atoms. The van der Waals surface area contributed by atoms with Crippen molar-refractivity contribution < 1.29 is 9.53 Å². The summed E-state index contributed by atoms with van der Waals surface area (Å²) in [6, 6.07) is 19.1. The molecule has 6 heteroatoms. The molecule has 0 bridgehead atoms. The normalized spacial score (nSPS) is 16.2. The molecule has 1 atom stereocenters. The number of rotatable bonds is 4. The fourth-order valence-corrected chi connectivity index (χ4v) is 3.78. The van der Waals surface area contributed by atoms with E-state index in [1.807, 2.05) is 60.7 Å². The summed E-state index contributed by atoms with van der Waals surface area (Å²) in [6.45, 7) is 1.05. The van der Waals surface area contributed by atoms with E-state index in [4.69, 9.17) is 4.74 Å². The third-order valence-corrected chi connectivity index (χ3v) is 5.33. The Morgan fingerprint density at radius 3 is 2.24 bits per heavy atom. The maximum Gasteiger partial charge on any atom is 0.280 e. The minimum Gasteiger partial charge on any atom is -0.380 e. The first-order valence-electron chi connectivity index (χ1n) is 9.64. The Morgan fingerprint density at radius 2 is 1.66 bits per heavy atom. The molecule has 2 heterocycles. The number of aryl methyl sites for hydroxylation is 1. The highest BCUT2D eigenvalue weighted by molar-refractivity contribution is 6.03. The molecule has 3 aromatic rings. The molecular weight excluding hydrogens is 366 g/mol. The lowest BCUT2D eigenvalue weighted by atomic mass is 9.95. The van der Waals surface area contributed by atoms with Gasteiger partial charge in [-0.25, -0.2) is 4.68 Å². The van der Waals surface area contributed by atoms with Crippen LogP contribution in [0.2, 0.25) is 0 Å². The number of benzene rings is 2. The van der Waals surface area contributed by atoms with Crippen molar-refractivity contribution in [1.29, 1.82) is 0 Å². The number of likely N-dealkylation sites (tertiary alicyclic amines) is 1. The van der Waals surface area contributed by atoms with E-state index in [0.717, 1.165) is 17.5 Å². The summed E-state index contributed by atoms with van der Waals surface area (Å²) in [7, 11) is 3.23. The Labute approximate surface area is 169 Å². The molecule has 1 aliphatic rings. The van der Waals surface area contributed by atoms with Gasteiger partial charge >= 0.3 is 0 Å². The molecule has 2 aromatic carbocycles. The zero-order chi connectivity index (χ0) is 20.4. The first kappa shape index (κ1) is 19.1. The molecule has 0 aliphatic carbocycles. The standard InChI is InChI=1S/C23H23N3O3/c1-25-22(27)20(23(28)26-14-13-18(15-26)29-2)19(16-9-5-3-6-10-16)21(24-25)17-11-7-4-8-12-17/h3-12,18H,13-15H2,1-2H3. The van der Waals surface area contributed by atoms with E-state index in [-0.39, 0.29) is 17.6 Å². The summed E-state index contributed by atoms with van der Waals surface area (Å²) in [4.78, 5) is 28.3. The minimum absolute atomic E-state index is 0.00147. The average molecular weight is 389 g/mol. The van der Waals surface area contributed by atoms with Gasteiger partial charge in [-0.15, -0.1) is 0 Å². The van der Waals surface area contributed by atoms with Crippen molar-refractivity contribution in [1.82, 2.24) is 14.7 Å². The molecule has 0 N–H and O–H groups in total. The molecule has 1 amide bonds. The number of hydrogen-bond acceptors (Lipinski definition) is 4. The van der Waals surface area contributed by atoms with Gasteiger partial charge in [-0.05, 0) is 12.0 Å². The maximum absolute atomic E-state index is 13.5. The largest absolute Gasteiger partial charge is 0.380 e. The van der Waals surface area contributed by atoms with Gasteiger partial charge in [0.1, 0.15) is 5.56 Å². The van der Waals surface area contributed by atoms with Crippen molar-refractivity contribution in [3.05, 3.63) is 76.6 Å². The van der Waals surface area contributed by atoms with Crippen molar-refractivity contribution in [3.8, 4) is 22.4 Å². The lowest BCUT2D eigenvalue weighted by Gasteiger charge is -2.20. The average Bonchev–Trinajstić information content (AvgIpc) is 3.25. The van der Waals surface area contributed by atoms with Gasteiger partial charge in [0.15, 0.2) is 0 Å². The van der Waals surface area contributed by atoms with Crippen molar-refractivity contribution in [2.75, 3.05) is 20.2 Å². The second-order valence-corrected chi connectivity index (χ2v) is 7.16. The second-order valence-electron chi connectivity index (χ2n) is 7.16. The summed E-state index contributed by atoms with van der Waals surface area (Å²) in [5, 5.41) is 4.53. The van der Waals surface area contributed by atoms with E-state index >= 15 is 0 Å². The number of aromatic nitrogens is 2. The summed E-state index contributed by atoms with van der Waals surface area (Å²) in [5.74, 6) is -0.274. The number of nitrogens with zero attached hydrogens (tertiary/aromatic N) is 3. The SMILES string of the molecule is COC1CCN(C(=O)c2c(-c3ccccc3)c(-c3ccccc3)nn(C)c2=O)C1. The fourth-order valence-electron chi connectivity index (χ4n) is 3.78. The topological polar surface area (TPSA) is 64.4 Å². The quantitative estimate of drug-likeness (QED) is 0.688. The van der Waals surface area contributed by atoms with E-state index < -0.39 is 5.56 Å². The molecule has 1 unspecified atom stereocenters. The molecule has 1 aromatic heterocycles. The Balaban J connectivity index is 1.96. The highest BCUT2D eigenvalue weighted by Crippen LogP contribution is 2.32. The first-order valence-corrected chi connectivity index (χ1v) is 9.64. The highest BCUT2D eigenvalue weighted by Gasteiger charge is 2.32. The number of carbonyl (C=O) groups excluding carboxylic acids is 1. The van der Waals surface area contributed by atoms with Crippen LogP contribution in [0.15, 0.2) is 65.5 Å². The molecule has 0 saturated carbocycles. The number of hydrogen-bond donors (Lipinski definition) is 0. The summed E-state index contributed by atoms with van der Waals surface area (Å²) in [5.41, 5.74) is 2.60. The molecular formula is C23H23N3O3. The molecule has 4 rings (SSSR count). The van der Waals surface area contributed by atoms with Crippen molar-refractivity contribution in [2.45, 2.75) is 12.5 Å². The van der Waals surface area contributed by atoms with Gasteiger partial charge in [0.25, 0.3) is 11.5 Å². The van der Waals surface area contributed by atoms with Crippen LogP contribution in [0.3, 0.4) is 0 Å². The van der Waals surface area contributed by atoms with E-state index in [1.165, 1.54) is 4.68 Å². The number of ether oxygens (including phenoxy) is 1. The van der Waals surface area contributed by atoms with E-state index in [1.54, 1.807) is 19.1 Å². The van der Waals surface area contributed by atoms with Crippen LogP contribution in [-0.2, 0) is 11.8 Å². The molecule has 0 spiro atoms. The van der Waals surface area contributed by atoms with E-state index in [9.17, 15) is 9.59 Å². The number of amides is 1. The van der Waals surface area contributed by atoms with Crippen LogP contribution in [0.25, 0.3) is 22.4 Å². The molecule has 1 aliphatic heterocycles. The van der Waals surface area contributed by atoms with Crippen LogP contribution in [0.1, 0.15) is 16.8 Å². The Hall–Kier alpha value is -3.25. The van der Waals surface area contributed by atoms with Crippen LogP contribution in [-0.4, -0.2) is 46.9 Å². The van der Waals surface area contributed by atoms with Gasteiger partial charge in [-0.2, -0.15) is 5.10 Å². The lowest BCUT2D eigenvalue weighted by Crippen LogP contribution is -2.37. The number of carbonyl (C=O) groups is 1. The number of methoxy groups -OCH3 is 1. The monoisotopic (exact) mass is 389 g/mol. The second kappa shape index (κ2) is 8.01. The molecule has 0 radical (unpaired) electrons. The zero-order valence-corrected chi connectivity index (χ0v) is 16.5. The van der Waals surface area contributed by atoms with Gasteiger partial charge in [-0.1, -0.05) is 60.7 Å². The van der Waals surface area contributed by atoms with Crippen molar-refractivity contribution >= 4 is 5.91 Å². The highest BCUT2D eigenvalue weighted by atomic mass is 16.5. The summed E-state index contributed by atoms with van der Waals surface area (Å²) >= 11 is 0. The van der Waals surface area contributed by atoms with Crippen LogP contribution < -0.4 is 5.56 Å². The van der Waals surface area contributed by atoms with Gasteiger partial charge < -0.3 is 9.64 Å². The third kappa shape index (κ3) is 3.59. The predicted octanol–water partition coefficient (Wildman–Crippen LogP) is 2.98. The van der Waals surface area contributed by atoms with E-state index in [2.05, 4.69) is 5.10 Å². The fraction of sp³-hybridized carbons (Fsp3) is 0.261. The van der Waals surface area contributed by atoms with Gasteiger partial charge in [0, 0.05) is 38.4 Å². The molecule has 148 valence electrons. The predicted molar refractivity (Wildman–Crippen MR) is 112 cm³/mol. The smallest absolute Gasteiger partial charge is 0.280 e. The summed E-state index contributed by atoms with van der Waals surface area (Å²) < 4.78 is 6.66. The van der Waals surface area contributed by atoms with Crippen LogP contribution >= 0.6 is 0 Å². The minimum atomic E-state index is -0.394. The van der Waals surface area contributed by atoms with Gasteiger partial charge in [0.05, 0.1) is 11.8 Å². The van der Waals surface area contributed by atoms with Crippen LogP contribution in [0.5, 0.6) is 0 Å². The Bertz CT molecular complexity index is 1080. The third-order valence-electron chi connectivity index (χ3n) is 5.33. The molecule has 6 nitrogen and oxygen atoms in total. The summed E-state index contributed by atoms with van der Waals surface area (Å²) in [6.07, 6.45) is 0.762. The van der Waals surface area contributed by atoms with E-state index in [0.29, 0.717) is 24.3 Å². The first-order chi connectivity index (χ1) is 14.1. The van der Waals surface area contributed by atoms with Crippen molar-refractivity contribution in [3.63, 3.8) is 0 Å². The van der Waals surface area contributed by atoms with Crippen LogP contribution in [0.4, 0.5) is 0 Å². The zero-order valence-electron chi connectivity index (χ0n) is 16.5. The molecule has 1 saturated heterocycles. The Kier molecular flexibility index (Phi) is 5.27.